The molecule has 0 atom stereocenters. The zero-order valence-corrected chi connectivity index (χ0v) is 11.9. The molecular weight excluding hydrogens is 236 g/mol. The Morgan fingerprint density at radius 2 is 2.19 bits per heavy atom. The van der Waals surface area contributed by atoms with E-state index in [4.69, 9.17) is 0 Å². The molecule has 0 N–H and O–H groups in total. The van der Waals surface area contributed by atoms with Crippen LogP contribution in [0.2, 0.25) is 0 Å². The van der Waals surface area contributed by atoms with Crippen molar-refractivity contribution in [1.82, 2.24) is 0 Å². The lowest BCUT2D eigenvalue weighted by Gasteiger charge is -2.02. The number of Topliss-reactive ketones (excluding diaryl/α,β-unsaturated/α-hetero) is 1. The molecule has 0 aromatic carbocycles. The van der Waals surface area contributed by atoms with Crippen LogP contribution >= 0.6 is 23.1 Å². The summed E-state index contributed by atoms with van der Waals surface area (Å²) in [6.45, 7) is 6.56. The lowest BCUT2D eigenvalue weighted by Crippen LogP contribution is -2.01. The van der Waals surface area contributed by atoms with E-state index in [0.717, 1.165) is 23.0 Å². The van der Waals surface area contributed by atoms with Crippen LogP contribution in [0, 0.1) is 5.92 Å². The maximum Gasteiger partial charge on any atom is 0.182 e. The summed E-state index contributed by atoms with van der Waals surface area (Å²) in [6, 6.07) is 4.03. The van der Waals surface area contributed by atoms with Crippen LogP contribution in [0.15, 0.2) is 12.1 Å². The highest BCUT2D eigenvalue weighted by molar-refractivity contribution is 7.99. The zero-order chi connectivity index (χ0) is 12.0. The average molecular weight is 256 g/mol. The maximum absolute atomic E-state index is 11.8. The zero-order valence-electron chi connectivity index (χ0n) is 10.3. The minimum Gasteiger partial charge on any atom is -0.292 e. The van der Waals surface area contributed by atoms with Crippen LogP contribution in [0.25, 0.3) is 0 Å². The van der Waals surface area contributed by atoms with E-state index >= 15 is 0 Å². The first-order valence-electron chi connectivity index (χ1n) is 5.83. The standard InChI is InChI=1S/C13H20OS2/c1-4-11-5-6-13(16-11)12(14)9-15-8-7-10(2)3/h5-6,10H,4,7-9H2,1-3H3. The third kappa shape index (κ3) is 4.71. The Kier molecular flexibility index (Phi) is 6.14. The van der Waals surface area contributed by atoms with Gasteiger partial charge in [0.05, 0.1) is 10.6 Å². The number of carbonyl (C=O) groups is 1. The first kappa shape index (κ1) is 13.8. The second-order valence-corrected chi connectivity index (χ2v) is 6.55. The topological polar surface area (TPSA) is 17.1 Å². The van der Waals surface area contributed by atoms with Gasteiger partial charge in [0.2, 0.25) is 0 Å². The van der Waals surface area contributed by atoms with Crippen LogP contribution in [0.5, 0.6) is 0 Å². The van der Waals surface area contributed by atoms with E-state index in [-0.39, 0.29) is 0 Å². The van der Waals surface area contributed by atoms with Crippen LogP contribution in [-0.4, -0.2) is 17.3 Å². The highest BCUT2D eigenvalue weighted by Gasteiger charge is 2.08. The monoisotopic (exact) mass is 256 g/mol. The largest absolute Gasteiger partial charge is 0.292 e. The van der Waals surface area contributed by atoms with Crippen molar-refractivity contribution in [3.63, 3.8) is 0 Å². The highest BCUT2D eigenvalue weighted by Crippen LogP contribution is 2.19. The molecule has 1 aromatic heterocycles. The van der Waals surface area contributed by atoms with Gasteiger partial charge in [-0.3, -0.25) is 4.79 Å². The number of hydrogen-bond donors (Lipinski definition) is 0. The van der Waals surface area contributed by atoms with Gasteiger partial charge in [-0.2, -0.15) is 11.8 Å². The Labute approximate surface area is 107 Å². The Morgan fingerprint density at radius 1 is 1.44 bits per heavy atom. The van der Waals surface area contributed by atoms with Crippen molar-refractivity contribution in [2.45, 2.75) is 33.6 Å². The Balaban J connectivity index is 2.29. The first-order valence-corrected chi connectivity index (χ1v) is 7.80. The summed E-state index contributed by atoms with van der Waals surface area (Å²) in [6.07, 6.45) is 2.22. The second kappa shape index (κ2) is 7.13. The molecule has 1 aromatic rings. The lowest BCUT2D eigenvalue weighted by atomic mass is 10.2. The predicted molar refractivity (Wildman–Crippen MR) is 74.8 cm³/mol. The molecule has 3 heteroatoms. The van der Waals surface area contributed by atoms with Gasteiger partial charge in [0.15, 0.2) is 5.78 Å². The van der Waals surface area contributed by atoms with Gasteiger partial charge in [-0.15, -0.1) is 11.3 Å². The second-order valence-electron chi connectivity index (χ2n) is 4.28. The number of aryl methyl sites for hydroxylation is 1. The van der Waals surface area contributed by atoms with Crippen molar-refractivity contribution in [2.24, 2.45) is 5.92 Å². The first-order chi connectivity index (χ1) is 7.63. The van der Waals surface area contributed by atoms with E-state index in [1.807, 2.05) is 6.07 Å². The summed E-state index contributed by atoms with van der Waals surface area (Å²) in [4.78, 5) is 14.0. The normalized spacial score (nSPS) is 11.0. The maximum atomic E-state index is 11.8. The fraction of sp³-hybridized carbons (Fsp3) is 0.615. The molecule has 1 nitrogen and oxygen atoms in total. The molecule has 0 unspecified atom stereocenters. The molecule has 0 saturated heterocycles. The highest BCUT2D eigenvalue weighted by atomic mass is 32.2. The van der Waals surface area contributed by atoms with Gasteiger partial charge in [-0.1, -0.05) is 20.8 Å². The molecule has 0 bridgehead atoms. The van der Waals surface area contributed by atoms with E-state index in [1.54, 1.807) is 23.1 Å². The predicted octanol–water partition coefficient (Wildman–Crippen LogP) is 4.27. The third-order valence-electron chi connectivity index (χ3n) is 2.36. The number of carbonyl (C=O) groups excluding carboxylic acids is 1. The summed E-state index contributed by atoms with van der Waals surface area (Å²) in [5, 5.41) is 0. The summed E-state index contributed by atoms with van der Waals surface area (Å²) < 4.78 is 0. The molecule has 0 aliphatic rings. The smallest absolute Gasteiger partial charge is 0.182 e. The van der Waals surface area contributed by atoms with E-state index in [1.165, 1.54) is 11.3 Å². The molecule has 0 spiro atoms. The van der Waals surface area contributed by atoms with Crippen molar-refractivity contribution < 1.29 is 4.79 Å². The summed E-state index contributed by atoms with van der Waals surface area (Å²) in [5.74, 6) is 2.75. The minimum atomic E-state index is 0.290. The number of ketones is 1. The molecule has 90 valence electrons. The fourth-order valence-corrected chi connectivity index (χ4v) is 3.37. The van der Waals surface area contributed by atoms with Crippen molar-refractivity contribution in [1.29, 1.82) is 0 Å². The van der Waals surface area contributed by atoms with Crippen molar-refractivity contribution in [3.8, 4) is 0 Å². The SMILES string of the molecule is CCc1ccc(C(=O)CSCCC(C)C)s1. The Morgan fingerprint density at radius 3 is 2.75 bits per heavy atom. The van der Waals surface area contributed by atoms with Gasteiger partial charge in [0, 0.05) is 4.88 Å². The molecule has 0 aliphatic heterocycles. The van der Waals surface area contributed by atoms with Crippen molar-refractivity contribution in [2.75, 3.05) is 11.5 Å². The van der Waals surface area contributed by atoms with Gasteiger partial charge < -0.3 is 0 Å². The van der Waals surface area contributed by atoms with E-state index in [9.17, 15) is 4.79 Å². The van der Waals surface area contributed by atoms with Gasteiger partial charge in [-0.05, 0) is 36.6 Å². The molecule has 0 fully saturated rings. The number of hydrogen-bond acceptors (Lipinski definition) is 3. The number of rotatable bonds is 7. The van der Waals surface area contributed by atoms with Crippen molar-refractivity contribution in [3.05, 3.63) is 21.9 Å². The molecule has 1 rings (SSSR count). The molecule has 1 heterocycles. The summed E-state index contributed by atoms with van der Waals surface area (Å²) >= 11 is 3.40. The van der Waals surface area contributed by atoms with Crippen molar-refractivity contribution >= 4 is 28.9 Å². The quantitative estimate of drug-likeness (QED) is 0.535. The lowest BCUT2D eigenvalue weighted by molar-refractivity contribution is 0.102. The average Bonchev–Trinajstić information content (AvgIpc) is 2.72. The minimum absolute atomic E-state index is 0.290. The molecule has 16 heavy (non-hydrogen) atoms. The van der Waals surface area contributed by atoms with Gasteiger partial charge in [0.1, 0.15) is 0 Å². The molecule has 0 aliphatic carbocycles. The number of thioether (sulfide) groups is 1. The van der Waals surface area contributed by atoms with Crippen LogP contribution in [0.3, 0.4) is 0 Å². The van der Waals surface area contributed by atoms with Crippen LogP contribution in [0.1, 0.15) is 41.7 Å². The van der Waals surface area contributed by atoms with E-state index < -0.39 is 0 Å². The molecule has 0 amide bonds. The van der Waals surface area contributed by atoms with Gasteiger partial charge in [-0.25, -0.2) is 0 Å². The van der Waals surface area contributed by atoms with E-state index in [2.05, 4.69) is 26.8 Å². The molecule has 0 saturated carbocycles. The molecule has 0 radical (unpaired) electrons. The third-order valence-corrected chi connectivity index (χ3v) is 4.62. The Bertz CT molecular complexity index is 328. The van der Waals surface area contributed by atoms with Gasteiger partial charge in [0.25, 0.3) is 0 Å². The summed E-state index contributed by atoms with van der Waals surface area (Å²) in [7, 11) is 0. The van der Waals surface area contributed by atoms with Crippen LogP contribution < -0.4 is 0 Å². The van der Waals surface area contributed by atoms with Crippen LogP contribution in [0.4, 0.5) is 0 Å². The fourth-order valence-electron chi connectivity index (χ4n) is 1.27. The van der Waals surface area contributed by atoms with Gasteiger partial charge >= 0.3 is 0 Å². The summed E-state index contributed by atoms with van der Waals surface area (Å²) in [5.41, 5.74) is 0. The Hall–Kier alpha value is -0.280. The van der Waals surface area contributed by atoms with Crippen LogP contribution in [-0.2, 0) is 6.42 Å². The molecular formula is C13H20OS2. The number of thiophene rings is 1. The van der Waals surface area contributed by atoms with E-state index in [0.29, 0.717) is 11.5 Å².